The Morgan fingerprint density at radius 3 is 2.68 bits per heavy atom. The Labute approximate surface area is 113 Å². The van der Waals surface area contributed by atoms with Crippen LogP contribution in [0, 0.1) is 0 Å². The number of nitrogens with one attached hydrogen (secondary N) is 1. The second-order valence-electron chi connectivity index (χ2n) is 4.62. The molecule has 0 saturated carbocycles. The lowest BCUT2D eigenvalue weighted by Crippen LogP contribution is -2.20. The van der Waals surface area contributed by atoms with E-state index in [4.69, 9.17) is 4.74 Å². The van der Waals surface area contributed by atoms with Crippen LogP contribution in [0.4, 0.5) is 5.69 Å². The summed E-state index contributed by atoms with van der Waals surface area (Å²) >= 11 is 0. The van der Waals surface area contributed by atoms with Gasteiger partial charge in [0.15, 0.2) is 0 Å². The van der Waals surface area contributed by atoms with Gasteiger partial charge in [0, 0.05) is 11.7 Å². The summed E-state index contributed by atoms with van der Waals surface area (Å²) in [6.07, 6.45) is 0.376. The third-order valence-electron chi connectivity index (χ3n) is 2.94. The smallest absolute Gasteiger partial charge is 0.307 e. The van der Waals surface area contributed by atoms with Gasteiger partial charge in [-0.2, -0.15) is 0 Å². The Bertz CT molecular complexity index is 565. The Kier molecular flexibility index (Phi) is 4.39. The number of anilines is 1. The normalized spacial score (nSPS) is 12.1. The van der Waals surface area contributed by atoms with Gasteiger partial charge in [0.2, 0.25) is 0 Å². The fourth-order valence-electron chi connectivity index (χ4n) is 2.08. The fourth-order valence-corrected chi connectivity index (χ4v) is 2.08. The van der Waals surface area contributed by atoms with E-state index in [-0.39, 0.29) is 12.0 Å². The van der Waals surface area contributed by atoms with Crippen molar-refractivity contribution in [3.63, 3.8) is 0 Å². The summed E-state index contributed by atoms with van der Waals surface area (Å²) in [6, 6.07) is 14.5. The van der Waals surface area contributed by atoms with E-state index in [1.54, 1.807) is 0 Å². The fraction of sp³-hybridized carbons (Fsp3) is 0.312. The molecule has 0 radical (unpaired) electrons. The van der Waals surface area contributed by atoms with Gasteiger partial charge < -0.3 is 10.1 Å². The van der Waals surface area contributed by atoms with Crippen LogP contribution in [-0.2, 0) is 9.53 Å². The molecule has 0 spiro atoms. The molecule has 0 aliphatic rings. The second-order valence-corrected chi connectivity index (χ2v) is 4.62. The number of rotatable bonds is 5. The van der Waals surface area contributed by atoms with Crippen LogP contribution in [0.15, 0.2) is 42.5 Å². The number of esters is 1. The first kappa shape index (κ1) is 13.4. The molecule has 0 saturated heterocycles. The van der Waals surface area contributed by atoms with E-state index in [2.05, 4.69) is 29.6 Å². The third-order valence-corrected chi connectivity index (χ3v) is 2.94. The summed E-state index contributed by atoms with van der Waals surface area (Å²) in [7, 11) is 0. The first-order valence-electron chi connectivity index (χ1n) is 6.60. The van der Waals surface area contributed by atoms with Gasteiger partial charge in [-0.1, -0.05) is 30.3 Å². The summed E-state index contributed by atoms with van der Waals surface area (Å²) in [5.41, 5.74) is 1.02. The number of fused-ring (bicyclic) bond motifs is 1. The van der Waals surface area contributed by atoms with E-state index in [0.29, 0.717) is 13.0 Å². The van der Waals surface area contributed by atoms with E-state index in [9.17, 15) is 4.79 Å². The van der Waals surface area contributed by atoms with Crippen LogP contribution in [-0.4, -0.2) is 18.6 Å². The van der Waals surface area contributed by atoms with Crippen LogP contribution >= 0.6 is 0 Å². The van der Waals surface area contributed by atoms with Gasteiger partial charge in [-0.25, -0.2) is 0 Å². The average molecular weight is 257 g/mol. The van der Waals surface area contributed by atoms with Crippen LogP contribution in [0.3, 0.4) is 0 Å². The molecule has 0 bridgehead atoms. The van der Waals surface area contributed by atoms with Crippen molar-refractivity contribution in [3.8, 4) is 0 Å². The van der Waals surface area contributed by atoms with Crippen molar-refractivity contribution in [1.29, 1.82) is 0 Å². The van der Waals surface area contributed by atoms with Crippen LogP contribution in [0.2, 0.25) is 0 Å². The molecule has 1 atom stereocenters. The molecule has 0 amide bonds. The predicted molar refractivity (Wildman–Crippen MR) is 78.3 cm³/mol. The van der Waals surface area contributed by atoms with E-state index >= 15 is 0 Å². The van der Waals surface area contributed by atoms with Crippen molar-refractivity contribution < 1.29 is 9.53 Å². The molecule has 2 rings (SSSR count). The van der Waals surface area contributed by atoms with Gasteiger partial charge in [-0.15, -0.1) is 0 Å². The molecule has 100 valence electrons. The van der Waals surface area contributed by atoms with Gasteiger partial charge in [-0.3, -0.25) is 4.79 Å². The maximum atomic E-state index is 11.4. The van der Waals surface area contributed by atoms with Gasteiger partial charge in [-0.05, 0) is 36.8 Å². The predicted octanol–water partition coefficient (Wildman–Crippen LogP) is 3.59. The molecule has 0 fully saturated rings. The van der Waals surface area contributed by atoms with Gasteiger partial charge in [0.25, 0.3) is 0 Å². The lowest BCUT2D eigenvalue weighted by molar-refractivity contribution is -0.143. The summed E-state index contributed by atoms with van der Waals surface area (Å²) in [5.74, 6) is -0.164. The van der Waals surface area contributed by atoms with Crippen molar-refractivity contribution in [1.82, 2.24) is 0 Å². The highest BCUT2D eigenvalue weighted by molar-refractivity contribution is 5.85. The molecule has 0 heterocycles. The summed E-state index contributed by atoms with van der Waals surface area (Å²) in [6.45, 7) is 4.23. The van der Waals surface area contributed by atoms with E-state index in [1.807, 2.05) is 32.0 Å². The molecule has 19 heavy (non-hydrogen) atoms. The molecule has 3 nitrogen and oxygen atoms in total. The molecule has 3 heteroatoms. The van der Waals surface area contributed by atoms with E-state index in [1.165, 1.54) is 10.8 Å². The first-order valence-corrected chi connectivity index (χ1v) is 6.60. The summed E-state index contributed by atoms with van der Waals surface area (Å²) < 4.78 is 4.94. The first-order chi connectivity index (χ1) is 9.19. The van der Waals surface area contributed by atoms with Crippen molar-refractivity contribution in [2.75, 3.05) is 11.9 Å². The molecule has 0 aliphatic carbocycles. The van der Waals surface area contributed by atoms with Crippen LogP contribution in [0.5, 0.6) is 0 Å². The highest BCUT2D eigenvalue weighted by atomic mass is 16.5. The minimum atomic E-state index is -0.164. The second kappa shape index (κ2) is 6.23. The Balaban J connectivity index is 2.02. The molecule has 0 aromatic heterocycles. The maximum Gasteiger partial charge on any atom is 0.307 e. The van der Waals surface area contributed by atoms with E-state index in [0.717, 1.165) is 5.69 Å². The van der Waals surface area contributed by atoms with Crippen molar-refractivity contribution >= 4 is 22.4 Å². The largest absolute Gasteiger partial charge is 0.466 e. The van der Waals surface area contributed by atoms with Crippen LogP contribution in [0.1, 0.15) is 20.3 Å². The zero-order valence-electron chi connectivity index (χ0n) is 11.3. The quantitative estimate of drug-likeness (QED) is 0.832. The molecular weight excluding hydrogens is 238 g/mol. The summed E-state index contributed by atoms with van der Waals surface area (Å²) in [5, 5.41) is 5.73. The number of ether oxygens (including phenoxy) is 1. The van der Waals surface area contributed by atoms with Gasteiger partial charge >= 0.3 is 5.97 Å². The SMILES string of the molecule is CCOC(=O)CC(C)Nc1ccc2ccccc2c1. The standard InChI is InChI=1S/C16H19NO2/c1-3-19-16(18)10-12(2)17-15-9-8-13-6-4-5-7-14(13)11-15/h4-9,11-12,17H,3,10H2,1-2H3. The zero-order valence-corrected chi connectivity index (χ0v) is 11.3. The van der Waals surface area contributed by atoms with Crippen molar-refractivity contribution in [2.45, 2.75) is 26.3 Å². The minimum Gasteiger partial charge on any atom is -0.466 e. The van der Waals surface area contributed by atoms with E-state index < -0.39 is 0 Å². The molecule has 2 aromatic rings. The number of carbonyl (C=O) groups is 1. The minimum absolute atomic E-state index is 0.0558. The molecule has 1 unspecified atom stereocenters. The zero-order chi connectivity index (χ0) is 13.7. The summed E-state index contributed by atoms with van der Waals surface area (Å²) in [4.78, 5) is 11.4. The number of benzene rings is 2. The molecule has 0 aliphatic heterocycles. The molecule has 1 N–H and O–H groups in total. The Morgan fingerprint density at radius 1 is 1.21 bits per heavy atom. The van der Waals surface area contributed by atoms with Crippen LogP contribution < -0.4 is 5.32 Å². The number of hydrogen-bond acceptors (Lipinski definition) is 3. The third kappa shape index (κ3) is 3.71. The lowest BCUT2D eigenvalue weighted by Gasteiger charge is -2.15. The topological polar surface area (TPSA) is 38.3 Å². The van der Waals surface area contributed by atoms with Crippen LogP contribution in [0.25, 0.3) is 10.8 Å². The highest BCUT2D eigenvalue weighted by Crippen LogP contribution is 2.19. The Hall–Kier alpha value is -2.03. The van der Waals surface area contributed by atoms with Crippen molar-refractivity contribution in [3.05, 3.63) is 42.5 Å². The van der Waals surface area contributed by atoms with Gasteiger partial charge in [0.05, 0.1) is 13.0 Å². The average Bonchev–Trinajstić information content (AvgIpc) is 2.38. The van der Waals surface area contributed by atoms with Crippen molar-refractivity contribution in [2.24, 2.45) is 0 Å². The lowest BCUT2D eigenvalue weighted by atomic mass is 10.1. The maximum absolute atomic E-state index is 11.4. The van der Waals surface area contributed by atoms with Gasteiger partial charge in [0.1, 0.15) is 0 Å². The highest BCUT2D eigenvalue weighted by Gasteiger charge is 2.09. The number of carbonyl (C=O) groups excluding carboxylic acids is 1. The Morgan fingerprint density at radius 2 is 1.95 bits per heavy atom. The monoisotopic (exact) mass is 257 g/mol. The molecular formula is C16H19NO2. The number of hydrogen-bond donors (Lipinski definition) is 1. The molecule has 2 aromatic carbocycles.